The van der Waals surface area contributed by atoms with E-state index in [1.807, 2.05) is 6.07 Å². The van der Waals surface area contributed by atoms with Crippen molar-refractivity contribution in [1.29, 1.82) is 0 Å². The molecule has 0 spiro atoms. The van der Waals surface area contributed by atoms with Gasteiger partial charge in [-0.2, -0.15) is 0 Å². The Kier molecular flexibility index (Phi) is 3.23. The SMILES string of the molecule is NCc1ccc(Sc2nnc(C3CC3)n2C2CC2)c(F)c1. The van der Waals surface area contributed by atoms with Crippen molar-refractivity contribution in [2.45, 2.75) is 54.2 Å². The van der Waals surface area contributed by atoms with Crippen LogP contribution in [0.25, 0.3) is 0 Å². The smallest absolute Gasteiger partial charge is 0.196 e. The monoisotopic (exact) mass is 304 g/mol. The number of hydrogen-bond acceptors (Lipinski definition) is 4. The van der Waals surface area contributed by atoms with Crippen molar-refractivity contribution in [3.8, 4) is 0 Å². The molecule has 21 heavy (non-hydrogen) atoms. The first-order valence-electron chi connectivity index (χ1n) is 7.37. The molecular formula is C15H17FN4S. The zero-order valence-electron chi connectivity index (χ0n) is 11.6. The first kappa shape index (κ1) is 13.3. The van der Waals surface area contributed by atoms with Gasteiger partial charge in [-0.05, 0) is 55.1 Å². The van der Waals surface area contributed by atoms with Crippen LogP contribution >= 0.6 is 11.8 Å². The summed E-state index contributed by atoms with van der Waals surface area (Å²) in [6.07, 6.45) is 4.77. The second-order valence-electron chi connectivity index (χ2n) is 5.79. The summed E-state index contributed by atoms with van der Waals surface area (Å²) in [6.45, 7) is 0.353. The van der Waals surface area contributed by atoms with Crippen LogP contribution in [0.2, 0.25) is 0 Å². The third-order valence-corrected chi connectivity index (χ3v) is 4.99. The average molecular weight is 304 g/mol. The molecule has 0 aliphatic heterocycles. The molecule has 1 aromatic heterocycles. The molecule has 2 aliphatic rings. The van der Waals surface area contributed by atoms with Gasteiger partial charge in [0.05, 0.1) is 4.90 Å². The van der Waals surface area contributed by atoms with Gasteiger partial charge < -0.3 is 10.3 Å². The summed E-state index contributed by atoms with van der Waals surface area (Å²) in [6, 6.07) is 5.67. The summed E-state index contributed by atoms with van der Waals surface area (Å²) in [5.74, 6) is 1.43. The topological polar surface area (TPSA) is 56.7 Å². The standard InChI is InChI=1S/C15H17FN4S/c16-12-7-9(8-17)1-6-13(12)21-15-19-18-14(10-2-3-10)20(15)11-4-5-11/h1,6-7,10-11H,2-5,8,17H2. The van der Waals surface area contributed by atoms with E-state index in [-0.39, 0.29) is 5.82 Å². The van der Waals surface area contributed by atoms with E-state index in [1.165, 1.54) is 43.5 Å². The number of benzene rings is 1. The highest BCUT2D eigenvalue weighted by Gasteiger charge is 2.36. The highest BCUT2D eigenvalue weighted by atomic mass is 32.2. The molecule has 4 nitrogen and oxygen atoms in total. The van der Waals surface area contributed by atoms with Crippen LogP contribution < -0.4 is 5.73 Å². The number of nitrogens with two attached hydrogens (primary N) is 1. The molecule has 0 saturated heterocycles. The summed E-state index contributed by atoms with van der Waals surface area (Å²) in [4.78, 5) is 0.587. The van der Waals surface area contributed by atoms with Crippen LogP contribution in [-0.4, -0.2) is 14.8 Å². The summed E-state index contributed by atoms with van der Waals surface area (Å²) in [5, 5.41) is 9.47. The normalized spacial score (nSPS) is 18.2. The number of halogens is 1. The zero-order valence-corrected chi connectivity index (χ0v) is 12.4. The Bertz CT molecular complexity index is 676. The van der Waals surface area contributed by atoms with Gasteiger partial charge in [0.15, 0.2) is 5.16 Å². The summed E-state index contributed by atoms with van der Waals surface area (Å²) < 4.78 is 16.3. The Morgan fingerprint density at radius 2 is 2.05 bits per heavy atom. The Morgan fingerprint density at radius 1 is 1.24 bits per heavy atom. The molecule has 0 unspecified atom stereocenters. The van der Waals surface area contributed by atoms with Crippen LogP contribution in [0.15, 0.2) is 28.3 Å². The summed E-state index contributed by atoms with van der Waals surface area (Å²) in [5.41, 5.74) is 6.34. The van der Waals surface area contributed by atoms with Crippen molar-refractivity contribution in [1.82, 2.24) is 14.8 Å². The van der Waals surface area contributed by atoms with Crippen LogP contribution in [-0.2, 0) is 6.54 Å². The molecule has 2 aromatic rings. The maximum Gasteiger partial charge on any atom is 0.196 e. The van der Waals surface area contributed by atoms with E-state index in [9.17, 15) is 4.39 Å². The van der Waals surface area contributed by atoms with Crippen LogP contribution in [0.5, 0.6) is 0 Å². The fourth-order valence-corrected chi connectivity index (χ4v) is 3.42. The van der Waals surface area contributed by atoms with Crippen molar-refractivity contribution in [3.63, 3.8) is 0 Å². The van der Waals surface area contributed by atoms with E-state index in [4.69, 9.17) is 5.73 Å². The first-order chi connectivity index (χ1) is 10.3. The molecule has 6 heteroatoms. The lowest BCUT2D eigenvalue weighted by molar-refractivity contribution is 0.596. The molecular weight excluding hydrogens is 287 g/mol. The Morgan fingerprint density at radius 3 is 2.67 bits per heavy atom. The fourth-order valence-electron chi connectivity index (χ4n) is 2.51. The highest BCUT2D eigenvalue weighted by Crippen LogP contribution is 2.46. The molecule has 0 atom stereocenters. The molecule has 2 N–H and O–H groups in total. The minimum Gasteiger partial charge on any atom is -0.326 e. The van der Waals surface area contributed by atoms with Gasteiger partial charge in [0.2, 0.25) is 0 Å². The van der Waals surface area contributed by atoms with Gasteiger partial charge in [0, 0.05) is 18.5 Å². The third kappa shape index (κ3) is 2.58. The minimum atomic E-state index is -0.235. The molecule has 1 heterocycles. The molecule has 2 saturated carbocycles. The lowest BCUT2D eigenvalue weighted by atomic mass is 10.2. The van der Waals surface area contributed by atoms with Gasteiger partial charge >= 0.3 is 0 Å². The molecule has 2 fully saturated rings. The Hall–Kier alpha value is -1.40. The second-order valence-corrected chi connectivity index (χ2v) is 6.80. The van der Waals surface area contributed by atoms with Gasteiger partial charge in [-0.25, -0.2) is 4.39 Å². The fraction of sp³-hybridized carbons (Fsp3) is 0.467. The quantitative estimate of drug-likeness (QED) is 0.921. The molecule has 1 aromatic carbocycles. The minimum absolute atomic E-state index is 0.235. The van der Waals surface area contributed by atoms with E-state index in [1.54, 1.807) is 6.07 Å². The van der Waals surface area contributed by atoms with E-state index in [0.717, 1.165) is 16.5 Å². The lowest BCUT2D eigenvalue weighted by Gasteiger charge is -2.09. The zero-order chi connectivity index (χ0) is 14.4. The van der Waals surface area contributed by atoms with Gasteiger partial charge in [-0.3, -0.25) is 0 Å². The second kappa shape index (κ2) is 5.10. The molecule has 4 rings (SSSR count). The van der Waals surface area contributed by atoms with Crippen molar-refractivity contribution < 1.29 is 4.39 Å². The average Bonchev–Trinajstić information content (AvgIpc) is 3.40. The summed E-state index contributed by atoms with van der Waals surface area (Å²) >= 11 is 1.37. The first-order valence-corrected chi connectivity index (χ1v) is 8.19. The number of hydrogen-bond donors (Lipinski definition) is 1. The van der Waals surface area contributed by atoms with Crippen LogP contribution in [0.4, 0.5) is 4.39 Å². The maximum atomic E-state index is 14.1. The van der Waals surface area contributed by atoms with Gasteiger partial charge in [0.1, 0.15) is 11.6 Å². The summed E-state index contributed by atoms with van der Waals surface area (Å²) in [7, 11) is 0. The van der Waals surface area contributed by atoms with Crippen molar-refractivity contribution in [3.05, 3.63) is 35.4 Å². The predicted molar refractivity (Wildman–Crippen MR) is 78.7 cm³/mol. The Balaban J connectivity index is 1.65. The van der Waals surface area contributed by atoms with Crippen LogP contribution in [0.3, 0.4) is 0 Å². The van der Waals surface area contributed by atoms with Crippen molar-refractivity contribution >= 4 is 11.8 Å². The number of rotatable bonds is 5. The molecule has 2 aliphatic carbocycles. The number of aromatic nitrogens is 3. The lowest BCUT2D eigenvalue weighted by Crippen LogP contribution is -2.02. The molecule has 0 bridgehead atoms. The van der Waals surface area contributed by atoms with Gasteiger partial charge in [0.25, 0.3) is 0 Å². The van der Waals surface area contributed by atoms with Crippen molar-refractivity contribution in [2.24, 2.45) is 5.73 Å². The molecule has 0 amide bonds. The van der Waals surface area contributed by atoms with Crippen LogP contribution in [0, 0.1) is 5.82 Å². The largest absolute Gasteiger partial charge is 0.326 e. The molecule has 110 valence electrons. The predicted octanol–water partition coefficient (Wildman–Crippen LogP) is 3.24. The van der Waals surface area contributed by atoms with E-state index >= 15 is 0 Å². The maximum absolute atomic E-state index is 14.1. The van der Waals surface area contributed by atoms with Crippen molar-refractivity contribution in [2.75, 3.05) is 0 Å². The van der Waals surface area contributed by atoms with E-state index < -0.39 is 0 Å². The van der Waals surface area contributed by atoms with E-state index in [2.05, 4.69) is 14.8 Å². The highest BCUT2D eigenvalue weighted by molar-refractivity contribution is 7.99. The third-order valence-electron chi connectivity index (χ3n) is 3.98. The van der Waals surface area contributed by atoms with Gasteiger partial charge in [-0.15, -0.1) is 10.2 Å². The number of nitrogens with zero attached hydrogens (tertiary/aromatic N) is 3. The molecule has 0 radical (unpaired) electrons. The van der Waals surface area contributed by atoms with E-state index in [0.29, 0.717) is 23.4 Å². The van der Waals surface area contributed by atoms with Gasteiger partial charge in [-0.1, -0.05) is 6.07 Å². The Labute approximate surface area is 126 Å². The van der Waals surface area contributed by atoms with Crippen LogP contribution in [0.1, 0.15) is 49.0 Å².